The quantitative estimate of drug-likeness (QED) is 0.751. The third kappa shape index (κ3) is 5.55. The molecule has 1 aromatic carbocycles. The molecule has 0 aromatic heterocycles. The molecule has 2 saturated heterocycles. The number of hydrogen-bond acceptors (Lipinski definition) is 4. The zero-order valence-corrected chi connectivity index (χ0v) is 17.3. The zero-order valence-electron chi connectivity index (χ0n) is 17.3. The van der Waals surface area contributed by atoms with Crippen molar-refractivity contribution in [3.05, 3.63) is 30.3 Å². The summed E-state index contributed by atoms with van der Waals surface area (Å²) in [7, 11) is 0. The number of carbonyl (C=O) groups is 2. The van der Waals surface area contributed by atoms with Gasteiger partial charge in [-0.25, -0.2) is 0 Å². The van der Waals surface area contributed by atoms with E-state index in [0.29, 0.717) is 13.1 Å². The van der Waals surface area contributed by atoms with Crippen LogP contribution in [-0.4, -0.2) is 84.9 Å². The number of amides is 2. The first kappa shape index (κ1) is 20.8. The molecule has 0 radical (unpaired) electrons. The Bertz CT molecular complexity index is 635. The Morgan fingerprint density at radius 2 is 1.43 bits per heavy atom. The van der Waals surface area contributed by atoms with Crippen LogP contribution in [0.4, 0.5) is 5.69 Å². The summed E-state index contributed by atoms with van der Waals surface area (Å²) in [5, 5.41) is 0. The van der Waals surface area contributed by atoms with Gasteiger partial charge in [-0.3, -0.25) is 19.4 Å². The minimum absolute atomic E-state index is 0.123. The molecule has 3 rings (SSSR count). The van der Waals surface area contributed by atoms with Crippen LogP contribution in [0.15, 0.2) is 30.3 Å². The van der Waals surface area contributed by atoms with E-state index < -0.39 is 0 Å². The van der Waals surface area contributed by atoms with Crippen LogP contribution in [0.2, 0.25) is 0 Å². The van der Waals surface area contributed by atoms with Crippen LogP contribution in [0.25, 0.3) is 0 Å². The smallest absolute Gasteiger partial charge is 0.241 e. The summed E-state index contributed by atoms with van der Waals surface area (Å²) in [6.07, 6.45) is 3.51. The SMILES string of the molecule is CC(C)N(C(=O)CN1CCN(CC(=O)N2CCCCC2)CC1)c1ccccc1. The fraction of sp³-hybridized carbons (Fsp3) is 0.636. The van der Waals surface area contributed by atoms with Crippen LogP contribution in [-0.2, 0) is 9.59 Å². The van der Waals surface area contributed by atoms with Gasteiger partial charge in [0.05, 0.1) is 13.1 Å². The van der Waals surface area contributed by atoms with Crippen molar-refractivity contribution < 1.29 is 9.59 Å². The second kappa shape index (κ2) is 10.0. The number of rotatable bonds is 6. The lowest BCUT2D eigenvalue weighted by Crippen LogP contribution is -2.53. The molecule has 0 spiro atoms. The minimum atomic E-state index is 0.123. The summed E-state index contributed by atoms with van der Waals surface area (Å²) < 4.78 is 0. The van der Waals surface area contributed by atoms with Crippen LogP contribution >= 0.6 is 0 Å². The maximum Gasteiger partial charge on any atom is 0.241 e. The largest absolute Gasteiger partial charge is 0.342 e. The number of nitrogens with zero attached hydrogens (tertiary/aromatic N) is 4. The van der Waals surface area contributed by atoms with Crippen molar-refractivity contribution in [2.24, 2.45) is 0 Å². The van der Waals surface area contributed by atoms with Crippen molar-refractivity contribution in [3.63, 3.8) is 0 Å². The van der Waals surface area contributed by atoms with E-state index in [1.165, 1.54) is 6.42 Å². The standard InChI is InChI=1S/C22H34N4O2/c1-19(2)26(20-9-5-3-6-10-20)22(28)18-24-15-13-23(14-16-24)17-21(27)25-11-7-4-8-12-25/h3,5-6,9-10,19H,4,7-8,11-18H2,1-2H3. The topological polar surface area (TPSA) is 47.1 Å². The first-order valence-electron chi connectivity index (χ1n) is 10.6. The average molecular weight is 387 g/mol. The Kier molecular flexibility index (Phi) is 7.45. The maximum atomic E-state index is 12.9. The van der Waals surface area contributed by atoms with Gasteiger partial charge in [0, 0.05) is 51.0 Å². The van der Waals surface area contributed by atoms with Crippen molar-refractivity contribution in [2.75, 3.05) is 57.3 Å². The van der Waals surface area contributed by atoms with Gasteiger partial charge >= 0.3 is 0 Å². The van der Waals surface area contributed by atoms with Gasteiger partial charge in [-0.1, -0.05) is 18.2 Å². The molecule has 2 aliphatic rings. The molecule has 28 heavy (non-hydrogen) atoms. The van der Waals surface area contributed by atoms with Gasteiger partial charge in [-0.2, -0.15) is 0 Å². The van der Waals surface area contributed by atoms with E-state index in [-0.39, 0.29) is 17.9 Å². The van der Waals surface area contributed by atoms with Gasteiger partial charge in [-0.15, -0.1) is 0 Å². The molecule has 6 nitrogen and oxygen atoms in total. The monoisotopic (exact) mass is 386 g/mol. The number of piperidine rings is 1. The lowest BCUT2D eigenvalue weighted by molar-refractivity contribution is -0.134. The van der Waals surface area contributed by atoms with Crippen LogP contribution in [0.3, 0.4) is 0 Å². The van der Waals surface area contributed by atoms with Crippen LogP contribution in [0.5, 0.6) is 0 Å². The fourth-order valence-corrected chi connectivity index (χ4v) is 4.13. The van der Waals surface area contributed by atoms with Gasteiger partial charge in [0.15, 0.2) is 0 Å². The van der Waals surface area contributed by atoms with Gasteiger partial charge in [0.2, 0.25) is 11.8 Å². The van der Waals surface area contributed by atoms with Gasteiger partial charge in [0.25, 0.3) is 0 Å². The van der Waals surface area contributed by atoms with E-state index in [4.69, 9.17) is 0 Å². The number of carbonyl (C=O) groups excluding carboxylic acids is 2. The molecule has 2 aliphatic heterocycles. The van der Waals surface area contributed by atoms with Gasteiger partial charge < -0.3 is 9.80 Å². The van der Waals surface area contributed by atoms with E-state index in [2.05, 4.69) is 23.6 Å². The van der Waals surface area contributed by atoms with Crippen molar-refractivity contribution in [3.8, 4) is 0 Å². The first-order valence-corrected chi connectivity index (χ1v) is 10.6. The van der Waals surface area contributed by atoms with E-state index >= 15 is 0 Å². The molecule has 0 bridgehead atoms. The summed E-state index contributed by atoms with van der Waals surface area (Å²) >= 11 is 0. The van der Waals surface area contributed by atoms with Crippen molar-refractivity contribution in [1.82, 2.24) is 14.7 Å². The molecule has 2 fully saturated rings. The first-order chi connectivity index (χ1) is 13.5. The Hall–Kier alpha value is -1.92. The van der Waals surface area contributed by atoms with E-state index in [1.807, 2.05) is 40.1 Å². The average Bonchev–Trinajstić information content (AvgIpc) is 2.71. The number of benzene rings is 1. The molecule has 0 saturated carbocycles. The third-order valence-electron chi connectivity index (χ3n) is 5.71. The van der Waals surface area contributed by atoms with E-state index in [0.717, 1.165) is 57.8 Å². The number of hydrogen-bond donors (Lipinski definition) is 0. The highest BCUT2D eigenvalue weighted by molar-refractivity contribution is 5.95. The summed E-state index contributed by atoms with van der Waals surface area (Å²) in [5.41, 5.74) is 0.952. The van der Waals surface area contributed by atoms with Crippen LogP contribution in [0.1, 0.15) is 33.1 Å². The van der Waals surface area contributed by atoms with E-state index in [1.54, 1.807) is 0 Å². The van der Waals surface area contributed by atoms with Gasteiger partial charge in [-0.05, 0) is 45.2 Å². The van der Waals surface area contributed by atoms with E-state index in [9.17, 15) is 9.59 Å². The highest BCUT2D eigenvalue weighted by Crippen LogP contribution is 2.17. The highest BCUT2D eigenvalue weighted by Gasteiger charge is 2.26. The summed E-state index contributed by atoms with van der Waals surface area (Å²) in [6, 6.07) is 10.0. The lowest BCUT2D eigenvalue weighted by Gasteiger charge is -2.37. The van der Waals surface area contributed by atoms with Crippen molar-refractivity contribution in [2.45, 2.75) is 39.2 Å². The summed E-state index contributed by atoms with van der Waals surface area (Å²) in [5.74, 6) is 0.401. The zero-order chi connectivity index (χ0) is 19.9. The summed E-state index contributed by atoms with van der Waals surface area (Å²) in [4.78, 5) is 33.7. The predicted molar refractivity (Wildman–Crippen MR) is 112 cm³/mol. The number of likely N-dealkylation sites (tertiary alicyclic amines) is 1. The fourth-order valence-electron chi connectivity index (χ4n) is 4.13. The normalized spacial score (nSPS) is 19.0. The highest BCUT2D eigenvalue weighted by atomic mass is 16.2. The molecule has 1 aromatic rings. The second-order valence-electron chi connectivity index (χ2n) is 8.19. The number of piperazine rings is 1. The van der Waals surface area contributed by atoms with Crippen molar-refractivity contribution >= 4 is 17.5 Å². The van der Waals surface area contributed by atoms with Crippen LogP contribution < -0.4 is 4.90 Å². The molecule has 0 atom stereocenters. The molecule has 6 heteroatoms. The van der Waals surface area contributed by atoms with Crippen molar-refractivity contribution in [1.29, 1.82) is 0 Å². The molecule has 2 heterocycles. The third-order valence-corrected chi connectivity index (χ3v) is 5.71. The Morgan fingerprint density at radius 3 is 2.00 bits per heavy atom. The Morgan fingerprint density at radius 1 is 0.857 bits per heavy atom. The maximum absolute atomic E-state index is 12.9. The summed E-state index contributed by atoms with van der Waals surface area (Å²) in [6.45, 7) is 10.2. The van der Waals surface area contributed by atoms with Crippen LogP contribution in [0, 0.1) is 0 Å². The molecular formula is C22H34N4O2. The Labute approximate surface area is 169 Å². The second-order valence-corrected chi connectivity index (χ2v) is 8.19. The predicted octanol–water partition coefficient (Wildman–Crippen LogP) is 2.06. The van der Waals surface area contributed by atoms with Gasteiger partial charge in [0.1, 0.15) is 0 Å². The number of anilines is 1. The number of para-hydroxylation sites is 1. The molecule has 154 valence electrons. The molecule has 0 N–H and O–H groups in total. The molecule has 2 amide bonds. The Balaban J connectivity index is 1.46. The molecule has 0 unspecified atom stereocenters. The molecular weight excluding hydrogens is 352 g/mol. The molecule has 0 aliphatic carbocycles. The lowest BCUT2D eigenvalue weighted by atomic mass is 10.1. The minimum Gasteiger partial charge on any atom is -0.342 e.